The highest BCUT2D eigenvalue weighted by Crippen LogP contribution is 2.33. The number of H-pyrrole nitrogens is 1. The molecule has 0 amide bonds. The Bertz CT molecular complexity index is 1140. The van der Waals surface area contributed by atoms with Gasteiger partial charge >= 0.3 is 0 Å². The maximum absolute atomic E-state index is 13.0. The van der Waals surface area contributed by atoms with E-state index < -0.39 is 0 Å². The van der Waals surface area contributed by atoms with Gasteiger partial charge in [-0.1, -0.05) is 31.9 Å². The Kier molecular flexibility index (Phi) is 6.55. The number of rotatable bonds is 8. The van der Waals surface area contributed by atoms with E-state index in [1.807, 2.05) is 19.1 Å². The van der Waals surface area contributed by atoms with Gasteiger partial charge in [0.25, 0.3) is 5.56 Å². The summed E-state index contributed by atoms with van der Waals surface area (Å²) in [7, 11) is 0. The highest BCUT2D eigenvalue weighted by Gasteiger charge is 2.31. The molecule has 0 unspecified atom stereocenters. The van der Waals surface area contributed by atoms with E-state index in [1.165, 1.54) is 12.8 Å². The third-order valence-corrected chi connectivity index (χ3v) is 7.23. The van der Waals surface area contributed by atoms with Crippen LogP contribution in [0.3, 0.4) is 0 Å². The van der Waals surface area contributed by atoms with Crippen LogP contribution >= 0.6 is 0 Å². The first-order valence-electron chi connectivity index (χ1n) is 12.4. The molecule has 0 bridgehead atoms. The smallest absolute Gasteiger partial charge is 0.252 e. The van der Waals surface area contributed by atoms with E-state index in [0.29, 0.717) is 12.6 Å². The lowest BCUT2D eigenvalue weighted by Crippen LogP contribution is -2.38. The van der Waals surface area contributed by atoms with Gasteiger partial charge in [-0.3, -0.25) is 9.69 Å². The predicted octanol–water partition coefficient (Wildman–Crippen LogP) is 4.07. The van der Waals surface area contributed by atoms with Gasteiger partial charge < -0.3 is 9.72 Å². The molecule has 1 aromatic carbocycles. The second kappa shape index (κ2) is 9.73. The van der Waals surface area contributed by atoms with E-state index in [4.69, 9.17) is 4.74 Å². The van der Waals surface area contributed by atoms with Gasteiger partial charge in [0.2, 0.25) is 0 Å². The van der Waals surface area contributed by atoms with Gasteiger partial charge in [-0.25, -0.2) is 4.68 Å². The summed E-state index contributed by atoms with van der Waals surface area (Å²) in [5.74, 6) is 0.912. The van der Waals surface area contributed by atoms with Gasteiger partial charge in [-0.2, -0.15) is 0 Å². The van der Waals surface area contributed by atoms with Crippen molar-refractivity contribution in [1.82, 2.24) is 30.1 Å². The minimum Gasteiger partial charge on any atom is -0.377 e. The van der Waals surface area contributed by atoms with E-state index in [2.05, 4.69) is 49.1 Å². The van der Waals surface area contributed by atoms with Crippen LogP contribution in [0.2, 0.25) is 0 Å². The molecule has 1 saturated heterocycles. The molecule has 1 N–H and O–H groups in total. The zero-order valence-corrected chi connectivity index (χ0v) is 19.7. The SMILES string of the molecule is CC[C@H](c1nnnn1C1CCCC1)N(Cc1cc2ccc(C)cc2[nH]c1=O)C[C@H]1CCCO1. The van der Waals surface area contributed by atoms with E-state index >= 15 is 0 Å². The van der Waals surface area contributed by atoms with Crippen molar-refractivity contribution < 1.29 is 4.74 Å². The van der Waals surface area contributed by atoms with Crippen LogP contribution in [0.15, 0.2) is 29.1 Å². The fourth-order valence-electron chi connectivity index (χ4n) is 5.48. The average molecular weight is 451 g/mol. The van der Waals surface area contributed by atoms with Gasteiger partial charge in [-0.15, -0.1) is 5.10 Å². The van der Waals surface area contributed by atoms with E-state index in [1.54, 1.807) is 0 Å². The van der Waals surface area contributed by atoms with Gasteiger partial charge in [0.05, 0.1) is 18.2 Å². The molecule has 0 spiro atoms. The minimum absolute atomic E-state index is 0.0258. The molecule has 3 heterocycles. The molecule has 33 heavy (non-hydrogen) atoms. The first-order valence-corrected chi connectivity index (χ1v) is 12.4. The maximum atomic E-state index is 13.0. The summed E-state index contributed by atoms with van der Waals surface area (Å²) < 4.78 is 8.04. The molecule has 1 aliphatic carbocycles. The molecule has 0 radical (unpaired) electrons. The van der Waals surface area contributed by atoms with Crippen molar-refractivity contribution in [3.8, 4) is 0 Å². The third kappa shape index (κ3) is 4.73. The Balaban J connectivity index is 1.48. The fraction of sp³-hybridized carbons (Fsp3) is 0.600. The number of hydrogen-bond acceptors (Lipinski definition) is 6. The minimum atomic E-state index is -0.0318. The summed E-state index contributed by atoms with van der Waals surface area (Å²) in [6.07, 6.45) is 7.90. The number of ether oxygens (including phenoxy) is 1. The first kappa shape index (κ1) is 22.2. The monoisotopic (exact) mass is 450 g/mol. The Morgan fingerprint density at radius 3 is 2.82 bits per heavy atom. The van der Waals surface area contributed by atoms with Crippen LogP contribution in [0.4, 0.5) is 0 Å². The second-order valence-corrected chi connectivity index (χ2v) is 9.62. The lowest BCUT2D eigenvalue weighted by molar-refractivity contribution is 0.0484. The van der Waals surface area contributed by atoms with Crippen molar-refractivity contribution in [3.63, 3.8) is 0 Å². The molecule has 2 fully saturated rings. The quantitative estimate of drug-likeness (QED) is 0.556. The van der Waals surface area contributed by atoms with Crippen LogP contribution in [0.1, 0.15) is 80.9 Å². The van der Waals surface area contributed by atoms with Crippen LogP contribution in [0.5, 0.6) is 0 Å². The summed E-state index contributed by atoms with van der Waals surface area (Å²) in [6.45, 7) is 6.32. The number of pyridine rings is 1. The normalized spacial score (nSPS) is 20.3. The molecule has 2 atom stereocenters. The molecule has 2 aliphatic rings. The predicted molar refractivity (Wildman–Crippen MR) is 127 cm³/mol. The number of hydrogen-bond donors (Lipinski definition) is 1. The van der Waals surface area contributed by atoms with Gasteiger partial charge in [0.15, 0.2) is 5.82 Å². The van der Waals surface area contributed by atoms with Gasteiger partial charge in [0.1, 0.15) is 0 Å². The average Bonchev–Trinajstić information content (AvgIpc) is 3.57. The number of benzene rings is 1. The molecule has 3 aromatic rings. The van der Waals surface area contributed by atoms with Crippen molar-refractivity contribution in [1.29, 1.82) is 0 Å². The van der Waals surface area contributed by atoms with Crippen LogP contribution in [-0.4, -0.2) is 49.3 Å². The summed E-state index contributed by atoms with van der Waals surface area (Å²) >= 11 is 0. The number of fused-ring (bicyclic) bond motifs is 1. The summed E-state index contributed by atoms with van der Waals surface area (Å²) in [5, 5.41) is 14.0. The second-order valence-electron chi connectivity index (χ2n) is 9.62. The van der Waals surface area contributed by atoms with Crippen molar-refractivity contribution >= 4 is 10.9 Å². The zero-order chi connectivity index (χ0) is 22.8. The Morgan fingerprint density at radius 2 is 2.06 bits per heavy atom. The molecule has 2 aromatic heterocycles. The lowest BCUT2D eigenvalue weighted by Gasteiger charge is -2.32. The molecular weight excluding hydrogens is 416 g/mol. The number of nitrogens with zero attached hydrogens (tertiary/aromatic N) is 5. The summed E-state index contributed by atoms with van der Waals surface area (Å²) in [4.78, 5) is 18.5. The summed E-state index contributed by atoms with van der Waals surface area (Å²) in [6, 6.07) is 8.61. The molecule has 1 aliphatic heterocycles. The highest BCUT2D eigenvalue weighted by atomic mass is 16.5. The van der Waals surface area contributed by atoms with E-state index in [9.17, 15) is 4.79 Å². The Hall–Kier alpha value is -2.58. The third-order valence-electron chi connectivity index (χ3n) is 7.23. The van der Waals surface area contributed by atoms with E-state index in [0.717, 1.165) is 73.1 Å². The van der Waals surface area contributed by atoms with Crippen molar-refractivity contribution in [3.05, 3.63) is 51.6 Å². The fourth-order valence-corrected chi connectivity index (χ4v) is 5.48. The standard InChI is InChI=1S/C25H34N6O2/c1-3-23(24-27-28-29-31(24)20-7-4-5-8-20)30(16-21-9-6-12-33-21)15-19-14-18-11-10-17(2)13-22(18)26-25(19)32/h10-11,13-14,20-21,23H,3-9,12,15-16H2,1-2H3,(H,26,32)/t21-,23-/m1/s1. The number of aromatic amines is 1. The van der Waals surface area contributed by atoms with Gasteiger partial charge in [-0.05, 0) is 72.5 Å². The van der Waals surface area contributed by atoms with E-state index in [-0.39, 0.29) is 17.7 Å². The van der Waals surface area contributed by atoms with Crippen molar-refractivity contribution in [2.24, 2.45) is 0 Å². The Labute approximate surface area is 194 Å². The van der Waals surface area contributed by atoms with Crippen LogP contribution in [0, 0.1) is 6.92 Å². The Morgan fingerprint density at radius 1 is 1.21 bits per heavy atom. The number of aryl methyl sites for hydroxylation is 1. The summed E-state index contributed by atoms with van der Waals surface area (Å²) in [5.41, 5.74) is 2.75. The van der Waals surface area contributed by atoms with Crippen LogP contribution < -0.4 is 5.56 Å². The number of aromatic nitrogens is 5. The molecular formula is C25H34N6O2. The van der Waals surface area contributed by atoms with Crippen molar-refractivity contribution in [2.75, 3.05) is 13.2 Å². The number of tetrazole rings is 1. The molecule has 5 rings (SSSR count). The highest BCUT2D eigenvalue weighted by molar-refractivity contribution is 5.79. The zero-order valence-electron chi connectivity index (χ0n) is 19.7. The molecule has 8 heteroatoms. The lowest BCUT2D eigenvalue weighted by atomic mass is 10.1. The van der Waals surface area contributed by atoms with Crippen LogP contribution in [0.25, 0.3) is 10.9 Å². The van der Waals surface area contributed by atoms with Crippen molar-refractivity contribution in [2.45, 2.75) is 83.5 Å². The molecule has 176 valence electrons. The first-order chi connectivity index (χ1) is 16.1. The molecule has 8 nitrogen and oxygen atoms in total. The topological polar surface area (TPSA) is 88.9 Å². The van der Waals surface area contributed by atoms with Crippen LogP contribution in [-0.2, 0) is 11.3 Å². The number of nitrogens with one attached hydrogen (secondary N) is 1. The molecule has 1 saturated carbocycles. The van der Waals surface area contributed by atoms with Gasteiger partial charge in [0, 0.05) is 30.8 Å². The maximum Gasteiger partial charge on any atom is 0.252 e. The largest absolute Gasteiger partial charge is 0.377 e.